The molecule has 0 aliphatic carbocycles. The van der Waals surface area contributed by atoms with Crippen molar-refractivity contribution in [3.8, 4) is 5.69 Å². The molecule has 0 aliphatic rings. The Bertz CT molecular complexity index is 959. The average molecular weight is 349 g/mol. The molecule has 132 valence electrons. The summed E-state index contributed by atoms with van der Waals surface area (Å²) in [5.74, 6) is -0.804. The number of ether oxygens (including phenoxy) is 1. The number of hydrogen-bond donors (Lipinski definition) is 1. The molecule has 6 nitrogen and oxygen atoms in total. The molecule has 26 heavy (non-hydrogen) atoms. The van der Waals surface area contributed by atoms with Gasteiger partial charge in [0.2, 0.25) is 0 Å². The van der Waals surface area contributed by atoms with Gasteiger partial charge in [-0.25, -0.2) is 9.48 Å². The van der Waals surface area contributed by atoms with Crippen LogP contribution < -0.4 is 5.32 Å². The van der Waals surface area contributed by atoms with Crippen LogP contribution in [-0.4, -0.2) is 28.8 Å². The van der Waals surface area contributed by atoms with Crippen molar-refractivity contribution in [2.45, 2.75) is 13.8 Å². The van der Waals surface area contributed by atoms with Crippen molar-refractivity contribution in [2.75, 3.05) is 12.4 Å². The van der Waals surface area contributed by atoms with E-state index >= 15 is 0 Å². The fourth-order valence-corrected chi connectivity index (χ4v) is 2.57. The van der Waals surface area contributed by atoms with Gasteiger partial charge in [0.1, 0.15) is 0 Å². The topological polar surface area (TPSA) is 73.2 Å². The van der Waals surface area contributed by atoms with Gasteiger partial charge in [-0.05, 0) is 50.2 Å². The number of aryl methyl sites for hydroxylation is 2. The molecule has 0 radical (unpaired) electrons. The zero-order valence-corrected chi connectivity index (χ0v) is 14.8. The number of carbonyl (C=O) groups is 2. The van der Waals surface area contributed by atoms with E-state index in [9.17, 15) is 9.59 Å². The van der Waals surface area contributed by atoms with Crippen LogP contribution in [0.2, 0.25) is 0 Å². The number of rotatable bonds is 4. The predicted molar refractivity (Wildman–Crippen MR) is 98.8 cm³/mol. The van der Waals surface area contributed by atoms with Gasteiger partial charge in [-0.3, -0.25) is 4.79 Å². The minimum atomic E-state index is -0.458. The third kappa shape index (κ3) is 3.64. The van der Waals surface area contributed by atoms with Gasteiger partial charge in [-0.1, -0.05) is 23.8 Å². The molecule has 0 saturated carbocycles. The molecule has 3 rings (SSSR count). The van der Waals surface area contributed by atoms with Gasteiger partial charge in [-0.2, -0.15) is 5.10 Å². The zero-order chi connectivity index (χ0) is 18.7. The van der Waals surface area contributed by atoms with Crippen molar-refractivity contribution in [1.82, 2.24) is 9.78 Å². The lowest BCUT2D eigenvalue weighted by Gasteiger charge is -2.06. The molecule has 0 unspecified atom stereocenters. The molecule has 1 aromatic heterocycles. The molecular weight excluding hydrogens is 330 g/mol. The highest BCUT2D eigenvalue weighted by Gasteiger charge is 2.14. The summed E-state index contributed by atoms with van der Waals surface area (Å²) < 4.78 is 6.41. The van der Waals surface area contributed by atoms with Crippen LogP contribution in [0.5, 0.6) is 0 Å². The number of amides is 1. The number of benzene rings is 2. The average Bonchev–Trinajstić information content (AvgIpc) is 3.04. The Hall–Kier alpha value is -3.41. The number of aromatic nitrogens is 2. The molecule has 3 aromatic rings. The lowest BCUT2D eigenvalue weighted by molar-refractivity contribution is 0.0600. The van der Waals surface area contributed by atoms with Crippen molar-refractivity contribution >= 4 is 17.6 Å². The fourth-order valence-electron chi connectivity index (χ4n) is 2.57. The van der Waals surface area contributed by atoms with Gasteiger partial charge in [0, 0.05) is 11.4 Å². The smallest absolute Gasteiger partial charge is 0.337 e. The molecule has 1 N–H and O–H groups in total. The van der Waals surface area contributed by atoms with Crippen LogP contribution in [0.4, 0.5) is 5.69 Å². The van der Waals surface area contributed by atoms with Crippen LogP contribution in [0.25, 0.3) is 5.69 Å². The number of nitrogens with zero attached hydrogens (tertiary/aromatic N) is 2. The highest BCUT2D eigenvalue weighted by atomic mass is 16.5. The van der Waals surface area contributed by atoms with E-state index in [0.29, 0.717) is 16.9 Å². The largest absolute Gasteiger partial charge is 0.465 e. The van der Waals surface area contributed by atoms with Gasteiger partial charge in [-0.15, -0.1) is 0 Å². The van der Waals surface area contributed by atoms with Crippen LogP contribution in [0, 0.1) is 13.8 Å². The number of methoxy groups -OCH3 is 1. The van der Waals surface area contributed by atoms with Crippen molar-refractivity contribution in [1.29, 1.82) is 0 Å². The molecule has 2 aromatic carbocycles. The first-order valence-electron chi connectivity index (χ1n) is 8.11. The number of carbonyl (C=O) groups excluding carboxylic acids is 2. The van der Waals surface area contributed by atoms with Crippen LogP contribution >= 0.6 is 0 Å². The summed E-state index contributed by atoms with van der Waals surface area (Å²) >= 11 is 0. The molecule has 0 atom stereocenters. The summed E-state index contributed by atoms with van der Waals surface area (Å²) in [6, 6.07) is 16.2. The number of nitrogens with one attached hydrogen (secondary N) is 1. The maximum absolute atomic E-state index is 12.5. The molecule has 0 aliphatic heterocycles. The summed E-state index contributed by atoms with van der Waals surface area (Å²) in [5.41, 5.74) is 4.06. The van der Waals surface area contributed by atoms with Crippen LogP contribution in [0.15, 0.2) is 54.6 Å². The highest BCUT2D eigenvalue weighted by molar-refractivity contribution is 6.03. The third-order valence-corrected chi connectivity index (χ3v) is 3.94. The second-order valence-electron chi connectivity index (χ2n) is 5.94. The maximum atomic E-state index is 12.5. The molecule has 0 saturated heterocycles. The van der Waals surface area contributed by atoms with E-state index in [-0.39, 0.29) is 5.91 Å². The first kappa shape index (κ1) is 17.4. The normalized spacial score (nSPS) is 10.4. The lowest BCUT2D eigenvalue weighted by atomic mass is 10.2. The Morgan fingerprint density at radius 1 is 1.04 bits per heavy atom. The second-order valence-corrected chi connectivity index (χ2v) is 5.94. The van der Waals surface area contributed by atoms with E-state index in [1.165, 1.54) is 7.11 Å². The fraction of sp³-hybridized carbons (Fsp3) is 0.150. The highest BCUT2D eigenvalue weighted by Crippen LogP contribution is 2.16. The molecule has 1 amide bonds. The van der Waals surface area contributed by atoms with Gasteiger partial charge >= 0.3 is 5.97 Å². The van der Waals surface area contributed by atoms with E-state index in [4.69, 9.17) is 0 Å². The van der Waals surface area contributed by atoms with Gasteiger partial charge in [0.15, 0.2) is 5.69 Å². The standard InChI is InChI=1S/C20H19N3O3/c1-13-7-9-17(10-8-13)23-14(2)11-18(22-23)19(24)21-16-6-4-5-15(12-16)20(25)26-3/h4-12H,1-3H3,(H,21,24). The molecular formula is C20H19N3O3. The van der Waals surface area contributed by atoms with E-state index in [1.54, 1.807) is 35.0 Å². The quantitative estimate of drug-likeness (QED) is 0.731. The van der Waals surface area contributed by atoms with Crippen molar-refractivity contribution in [3.63, 3.8) is 0 Å². The monoisotopic (exact) mass is 349 g/mol. The number of esters is 1. The molecule has 0 bridgehead atoms. The molecule has 1 heterocycles. The Morgan fingerprint density at radius 3 is 2.46 bits per heavy atom. The Balaban J connectivity index is 1.82. The predicted octanol–water partition coefficient (Wildman–Crippen LogP) is 3.53. The lowest BCUT2D eigenvalue weighted by Crippen LogP contribution is -2.13. The summed E-state index contributed by atoms with van der Waals surface area (Å²) in [6.07, 6.45) is 0. The first-order chi connectivity index (χ1) is 12.5. The zero-order valence-electron chi connectivity index (χ0n) is 14.8. The van der Waals surface area contributed by atoms with Crippen molar-refractivity contribution < 1.29 is 14.3 Å². The molecule has 0 spiro atoms. The Kier molecular flexibility index (Phi) is 4.84. The Morgan fingerprint density at radius 2 is 1.77 bits per heavy atom. The van der Waals surface area contributed by atoms with Crippen LogP contribution in [0.1, 0.15) is 32.1 Å². The van der Waals surface area contributed by atoms with E-state index < -0.39 is 5.97 Å². The van der Waals surface area contributed by atoms with Gasteiger partial charge in [0.05, 0.1) is 18.4 Å². The van der Waals surface area contributed by atoms with Crippen molar-refractivity contribution in [3.05, 3.63) is 77.1 Å². The Labute approximate surface area is 151 Å². The summed E-state index contributed by atoms with van der Waals surface area (Å²) in [6.45, 7) is 3.91. The van der Waals surface area contributed by atoms with Gasteiger partial charge in [0.25, 0.3) is 5.91 Å². The maximum Gasteiger partial charge on any atom is 0.337 e. The third-order valence-electron chi connectivity index (χ3n) is 3.94. The summed E-state index contributed by atoms with van der Waals surface area (Å²) in [4.78, 5) is 24.1. The van der Waals surface area contributed by atoms with Crippen molar-refractivity contribution in [2.24, 2.45) is 0 Å². The SMILES string of the molecule is COC(=O)c1cccc(NC(=O)c2cc(C)n(-c3ccc(C)cc3)n2)c1. The minimum absolute atomic E-state index is 0.298. The van der Waals surface area contributed by atoms with Crippen LogP contribution in [0.3, 0.4) is 0 Å². The molecule has 6 heteroatoms. The first-order valence-corrected chi connectivity index (χ1v) is 8.11. The minimum Gasteiger partial charge on any atom is -0.465 e. The van der Waals surface area contributed by atoms with E-state index in [1.807, 2.05) is 38.1 Å². The van der Waals surface area contributed by atoms with E-state index in [2.05, 4.69) is 15.2 Å². The second kappa shape index (κ2) is 7.23. The summed E-state index contributed by atoms with van der Waals surface area (Å²) in [5, 5.41) is 7.15. The van der Waals surface area contributed by atoms with Crippen LogP contribution in [-0.2, 0) is 4.74 Å². The number of hydrogen-bond acceptors (Lipinski definition) is 4. The summed E-state index contributed by atoms with van der Waals surface area (Å²) in [7, 11) is 1.31. The number of anilines is 1. The van der Waals surface area contributed by atoms with Gasteiger partial charge < -0.3 is 10.1 Å². The van der Waals surface area contributed by atoms with E-state index in [0.717, 1.165) is 16.9 Å². The molecule has 0 fully saturated rings.